The molecule has 3 aliphatic rings. The topological polar surface area (TPSA) is 53.5 Å². The van der Waals surface area contributed by atoms with Gasteiger partial charge in [0.15, 0.2) is 5.82 Å². The van der Waals surface area contributed by atoms with Gasteiger partial charge in [-0.2, -0.15) is 5.10 Å². The van der Waals surface area contributed by atoms with Crippen molar-refractivity contribution in [3.05, 3.63) is 54.0 Å². The smallest absolute Gasteiger partial charge is 0.151 e. The van der Waals surface area contributed by atoms with Crippen molar-refractivity contribution in [2.24, 2.45) is 5.92 Å². The standard InChI is InChI=1S/C25H34FN5OS/c26-22-5-1-4-20(16-22)19-7-9-23(10-8-19)32-18-21-17-30(25-6-2-12-27-28-25)15-11-24(21)29-33-31-13-3-14-31/h1-2,4-6,12,16,19,21,23-24,29H,3,7-11,13-15,17-18H2/t19-,21?,23+,24?. The van der Waals surface area contributed by atoms with Crippen LogP contribution in [0.4, 0.5) is 10.2 Å². The Labute approximate surface area is 200 Å². The molecule has 178 valence electrons. The lowest BCUT2D eigenvalue weighted by Crippen LogP contribution is -2.51. The third kappa shape index (κ3) is 6.04. The maximum Gasteiger partial charge on any atom is 0.151 e. The lowest BCUT2D eigenvalue weighted by atomic mass is 9.82. The van der Waals surface area contributed by atoms with Crippen molar-refractivity contribution in [1.29, 1.82) is 0 Å². The van der Waals surface area contributed by atoms with Crippen molar-refractivity contribution in [1.82, 2.24) is 19.2 Å². The zero-order chi connectivity index (χ0) is 22.5. The monoisotopic (exact) mass is 471 g/mol. The molecule has 1 aromatic heterocycles. The predicted molar refractivity (Wildman–Crippen MR) is 130 cm³/mol. The van der Waals surface area contributed by atoms with Crippen LogP contribution in [0.2, 0.25) is 0 Å². The first kappa shape index (κ1) is 23.0. The van der Waals surface area contributed by atoms with Crippen molar-refractivity contribution in [2.75, 3.05) is 37.7 Å². The average molecular weight is 472 g/mol. The van der Waals surface area contributed by atoms with E-state index >= 15 is 0 Å². The van der Waals surface area contributed by atoms with Gasteiger partial charge in [0.2, 0.25) is 0 Å². The minimum Gasteiger partial charge on any atom is -0.378 e. The summed E-state index contributed by atoms with van der Waals surface area (Å²) >= 11 is 1.78. The van der Waals surface area contributed by atoms with E-state index in [1.807, 2.05) is 18.2 Å². The fourth-order valence-corrected chi connectivity index (χ4v) is 6.17. The van der Waals surface area contributed by atoms with Gasteiger partial charge in [0.25, 0.3) is 0 Å². The highest BCUT2D eigenvalue weighted by Gasteiger charge is 2.32. The van der Waals surface area contributed by atoms with Gasteiger partial charge in [0, 0.05) is 56.5 Å². The Balaban J connectivity index is 1.15. The molecule has 0 spiro atoms. The highest BCUT2D eigenvalue weighted by Crippen LogP contribution is 2.35. The average Bonchev–Trinajstić information content (AvgIpc) is 2.83. The number of aromatic nitrogens is 2. The summed E-state index contributed by atoms with van der Waals surface area (Å²) in [6.45, 7) is 5.00. The molecule has 6 nitrogen and oxygen atoms in total. The van der Waals surface area contributed by atoms with Gasteiger partial charge in [-0.15, -0.1) is 5.10 Å². The Morgan fingerprint density at radius 1 is 1.06 bits per heavy atom. The van der Waals surface area contributed by atoms with Crippen molar-refractivity contribution in [3.8, 4) is 0 Å². The molecule has 0 radical (unpaired) electrons. The number of anilines is 1. The lowest BCUT2D eigenvalue weighted by molar-refractivity contribution is -0.00207. The van der Waals surface area contributed by atoms with E-state index in [9.17, 15) is 4.39 Å². The van der Waals surface area contributed by atoms with Crippen molar-refractivity contribution < 1.29 is 9.13 Å². The van der Waals surface area contributed by atoms with Gasteiger partial charge < -0.3 is 9.64 Å². The molecule has 5 rings (SSSR count). The Bertz CT molecular complexity index is 878. The highest BCUT2D eigenvalue weighted by atomic mass is 32.2. The van der Waals surface area contributed by atoms with Crippen molar-refractivity contribution in [3.63, 3.8) is 0 Å². The van der Waals surface area contributed by atoms with Crippen LogP contribution < -0.4 is 9.62 Å². The summed E-state index contributed by atoms with van der Waals surface area (Å²) in [6.07, 6.45) is 8.61. The lowest BCUT2D eigenvalue weighted by Gasteiger charge is -2.41. The minimum absolute atomic E-state index is 0.134. The zero-order valence-corrected chi connectivity index (χ0v) is 19.9. The Morgan fingerprint density at radius 3 is 2.67 bits per heavy atom. The molecule has 2 saturated heterocycles. The van der Waals surface area contributed by atoms with Crippen LogP contribution in [0.25, 0.3) is 0 Å². The van der Waals surface area contributed by atoms with Crippen molar-refractivity contribution in [2.45, 2.75) is 56.6 Å². The Morgan fingerprint density at radius 2 is 1.94 bits per heavy atom. The number of hydrogen-bond donors (Lipinski definition) is 1. The summed E-state index contributed by atoms with van der Waals surface area (Å²) in [5, 5.41) is 8.39. The van der Waals surface area contributed by atoms with Crippen LogP contribution in [0.5, 0.6) is 0 Å². The van der Waals surface area contributed by atoms with E-state index in [-0.39, 0.29) is 5.82 Å². The number of nitrogens with zero attached hydrogens (tertiary/aromatic N) is 4. The maximum absolute atomic E-state index is 13.6. The quantitative estimate of drug-likeness (QED) is 0.572. The normalized spacial score (nSPS) is 28.5. The molecule has 2 atom stereocenters. The highest BCUT2D eigenvalue weighted by molar-refractivity contribution is 7.95. The number of halogens is 1. The van der Waals surface area contributed by atoms with Crippen LogP contribution >= 0.6 is 12.1 Å². The second-order valence-corrected chi connectivity index (χ2v) is 10.5. The molecule has 1 aliphatic carbocycles. The molecule has 2 aliphatic heterocycles. The molecule has 33 heavy (non-hydrogen) atoms. The molecule has 1 aromatic carbocycles. The largest absolute Gasteiger partial charge is 0.378 e. The fraction of sp³-hybridized carbons (Fsp3) is 0.600. The number of hydrogen-bond acceptors (Lipinski definition) is 7. The first-order valence-corrected chi connectivity index (χ1v) is 13.1. The molecule has 1 saturated carbocycles. The Hall–Kier alpha value is -1.74. The number of nitrogens with one attached hydrogen (secondary N) is 1. The van der Waals surface area contributed by atoms with Gasteiger partial charge in [0.1, 0.15) is 5.82 Å². The van der Waals surface area contributed by atoms with E-state index in [1.54, 1.807) is 24.4 Å². The van der Waals surface area contributed by atoms with Crippen LogP contribution in [0.15, 0.2) is 42.6 Å². The first-order chi connectivity index (χ1) is 16.2. The molecule has 2 aromatic rings. The summed E-state index contributed by atoms with van der Waals surface area (Å²) in [4.78, 5) is 2.34. The van der Waals surface area contributed by atoms with Gasteiger partial charge in [-0.1, -0.05) is 12.1 Å². The summed E-state index contributed by atoms with van der Waals surface area (Å²) in [6, 6.07) is 11.5. The van der Waals surface area contributed by atoms with Gasteiger partial charge in [-0.05, 0) is 74.3 Å². The molecule has 3 heterocycles. The number of rotatable bonds is 8. The van der Waals surface area contributed by atoms with Crippen LogP contribution in [-0.2, 0) is 4.74 Å². The molecule has 1 N–H and O–H groups in total. The number of ether oxygens (including phenoxy) is 1. The van der Waals surface area contributed by atoms with E-state index in [1.165, 1.54) is 25.6 Å². The van der Waals surface area contributed by atoms with Gasteiger partial charge in [-0.3, -0.25) is 0 Å². The van der Waals surface area contributed by atoms with Gasteiger partial charge in [0.05, 0.1) is 12.7 Å². The minimum atomic E-state index is -0.134. The first-order valence-electron chi connectivity index (χ1n) is 12.3. The van der Waals surface area contributed by atoms with Crippen molar-refractivity contribution >= 4 is 18.0 Å². The summed E-state index contributed by atoms with van der Waals surface area (Å²) in [5.41, 5.74) is 1.13. The molecule has 3 fully saturated rings. The fourth-order valence-electron chi connectivity index (χ4n) is 5.13. The summed E-state index contributed by atoms with van der Waals surface area (Å²) < 4.78 is 26.2. The second kappa shape index (κ2) is 11.1. The summed E-state index contributed by atoms with van der Waals surface area (Å²) in [5.74, 6) is 1.66. The van der Waals surface area contributed by atoms with E-state index < -0.39 is 0 Å². The van der Waals surface area contributed by atoms with Crippen LogP contribution in [0.3, 0.4) is 0 Å². The molecule has 0 amide bonds. The van der Waals surface area contributed by atoms with Crippen LogP contribution in [0, 0.1) is 11.7 Å². The molecule has 0 bridgehead atoms. The SMILES string of the molecule is Fc1cccc([C@H]2CC[C@@H](OCC3CN(c4cccnn4)CCC3NSN3CCC3)CC2)c1. The predicted octanol–water partition coefficient (Wildman–Crippen LogP) is 4.41. The molecule has 8 heteroatoms. The van der Waals surface area contributed by atoms with E-state index in [0.717, 1.165) is 63.2 Å². The molecular weight excluding hydrogens is 437 g/mol. The molecule has 2 unspecified atom stereocenters. The van der Waals surface area contributed by atoms with Crippen LogP contribution in [0.1, 0.15) is 50.0 Å². The molecular formula is C25H34FN5OS. The zero-order valence-electron chi connectivity index (χ0n) is 19.1. The third-order valence-corrected chi connectivity index (χ3v) is 8.34. The third-order valence-electron chi connectivity index (χ3n) is 7.30. The number of benzene rings is 1. The van der Waals surface area contributed by atoms with E-state index in [4.69, 9.17) is 4.74 Å². The maximum atomic E-state index is 13.6. The van der Waals surface area contributed by atoms with Gasteiger partial charge in [-0.25, -0.2) is 13.4 Å². The van der Waals surface area contributed by atoms with Crippen LogP contribution in [-0.4, -0.2) is 59.4 Å². The van der Waals surface area contributed by atoms with E-state index in [2.05, 4.69) is 30.2 Å². The number of piperidine rings is 1. The van der Waals surface area contributed by atoms with Gasteiger partial charge >= 0.3 is 0 Å². The Kier molecular flexibility index (Phi) is 7.76. The van der Waals surface area contributed by atoms with E-state index in [0.29, 0.717) is 24.0 Å². The second-order valence-electron chi connectivity index (χ2n) is 9.54. The summed E-state index contributed by atoms with van der Waals surface area (Å²) in [7, 11) is 0.